The number of imidazole rings is 1. The summed E-state index contributed by atoms with van der Waals surface area (Å²) >= 11 is 0. The van der Waals surface area contributed by atoms with Crippen LogP contribution < -0.4 is 9.47 Å². The summed E-state index contributed by atoms with van der Waals surface area (Å²) in [7, 11) is 3.35. The van der Waals surface area contributed by atoms with E-state index in [9.17, 15) is 0 Å². The molecular formula is C22H26N2O2. The molecule has 1 aromatic heterocycles. The van der Waals surface area contributed by atoms with Gasteiger partial charge in [-0.1, -0.05) is 45.0 Å². The van der Waals surface area contributed by atoms with Crippen LogP contribution in [0, 0.1) is 0 Å². The van der Waals surface area contributed by atoms with E-state index in [2.05, 4.69) is 56.1 Å². The van der Waals surface area contributed by atoms with Crippen LogP contribution in [0.3, 0.4) is 0 Å². The molecule has 136 valence electrons. The van der Waals surface area contributed by atoms with Crippen LogP contribution in [-0.4, -0.2) is 23.8 Å². The smallest absolute Gasteiger partial charge is 0.165 e. The lowest BCUT2D eigenvalue weighted by atomic mass is 9.86. The number of nitrogens with zero attached hydrogens (tertiary/aromatic N) is 2. The van der Waals surface area contributed by atoms with Crippen LogP contribution in [-0.2, 0) is 12.0 Å². The van der Waals surface area contributed by atoms with Gasteiger partial charge in [-0.2, -0.15) is 0 Å². The lowest BCUT2D eigenvalue weighted by Crippen LogP contribution is -2.10. The van der Waals surface area contributed by atoms with E-state index in [-0.39, 0.29) is 5.41 Å². The van der Waals surface area contributed by atoms with Crippen LogP contribution in [0.5, 0.6) is 11.5 Å². The molecule has 0 amide bonds. The number of methoxy groups -OCH3 is 2. The van der Waals surface area contributed by atoms with Gasteiger partial charge in [-0.15, -0.1) is 0 Å². The van der Waals surface area contributed by atoms with Crippen molar-refractivity contribution in [2.24, 2.45) is 0 Å². The average molecular weight is 350 g/mol. The van der Waals surface area contributed by atoms with Crippen LogP contribution in [0.15, 0.2) is 55.1 Å². The van der Waals surface area contributed by atoms with Crippen molar-refractivity contribution < 1.29 is 9.47 Å². The van der Waals surface area contributed by atoms with Gasteiger partial charge in [-0.25, -0.2) is 4.98 Å². The second kappa shape index (κ2) is 7.24. The maximum Gasteiger partial charge on any atom is 0.165 e. The number of hydrogen-bond donors (Lipinski definition) is 0. The molecule has 0 N–H and O–H groups in total. The fraction of sp³-hybridized carbons (Fsp3) is 0.318. The quantitative estimate of drug-likeness (QED) is 0.656. The molecule has 0 radical (unpaired) electrons. The number of hydrogen-bond acceptors (Lipinski definition) is 3. The Kier molecular flexibility index (Phi) is 5.03. The molecule has 0 aliphatic carbocycles. The van der Waals surface area contributed by atoms with E-state index in [1.165, 1.54) is 5.56 Å². The average Bonchev–Trinajstić information content (AvgIpc) is 3.13. The zero-order chi connectivity index (χ0) is 18.7. The molecule has 4 nitrogen and oxygen atoms in total. The molecule has 0 saturated heterocycles. The third-order valence-electron chi connectivity index (χ3n) is 4.55. The van der Waals surface area contributed by atoms with Gasteiger partial charge in [0.05, 0.1) is 27.1 Å². The van der Waals surface area contributed by atoms with Gasteiger partial charge in [0.15, 0.2) is 11.5 Å². The summed E-state index contributed by atoms with van der Waals surface area (Å²) < 4.78 is 13.2. The highest BCUT2D eigenvalue weighted by atomic mass is 16.5. The molecular weight excluding hydrogens is 324 g/mol. The first-order valence-electron chi connectivity index (χ1n) is 8.74. The van der Waals surface area contributed by atoms with Crippen molar-refractivity contribution in [2.75, 3.05) is 14.2 Å². The highest BCUT2D eigenvalue weighted by Crippen LogP contribution is 2.37. The minimum absolute atomic E-state index is 0.142. The third-order valence-corrected chi connectivity index (χ3v) is 4.55. The summed E-state index contributed by atoms with van der Waals surface area (Å²) in [5, 5.41) is 0. The highest BCUT2D eigenvalue weighted by Gasteiger charge is 2.16. The second-order valence-corrected chi connectivity index (χ2v) is 7.43. The Morgan fingerprint density at radius 3 is 2.23 bits per heavy atom. The van der Waals surface area contributed by atoms with Crippen LogP contribution in [0.25, 0.3) is 11.1 Å². The Morgan fingerprint density at radius 2 is 1.69 bits per heavy atom. The Bertz CT molecular complexity index is 860. The molecule has 4 heteroatoms. The van der Waals surface area contributed by atoms with E-state index < -0.39 is 0 Å². The van der Waals surface area contributed by atoms with E-state index in [4.69, 9.17) is 9.47 Å². The normalized spacial score (nSPS) is 11.4. The van der Waals surface area contributed by atoms with Crippen molar-refractivity contribution in [1.82, 2.24) is 9.55 Å². The van der Waals surface area contributed by atoms with Crippen LogP contribution in [0.2, 0.25) is 0 Å². The first kappa shape index (κ1) is 18.1. The third kappa shape index (κ3) is 3.74. The summed E-state index contributed by atoms with van der Waals surface area (Å²) in [5.74, 6) is 1.50. The molecule has 0 spiro atoms. The molecule has 3 aromatic rings. The standard InChI is InChI=1S/C22H26N2O2/c1-22(2,3)19-8-6-16(7-9-19)17-12-18(14-24-11-10-23-15-24)21(26-5)20(13-17)25-4/h6-13,15H,14H2,1-5H3. The van der Waals surface area contributed by atoms with Gasteiger partial charge in [0.1, 0.15) is 0 Å². The van der Waals surface area contributed by atoms with E-state index in [1.807, 2.05) is 16.8 Å². The van der Waals surface area contributed by atoms with Gasteiger partial charge < -0.3 is 14.0 Å². The Hall–Kier alpha value is -2.75. The fourth-order valence-electron chi connectivity index (χ4n) is 3.07. The highest BCUT2D eigenvalue weighted by molar-refractivity contribution is 5.69. The molecule has 0 fully saturated rings. The molecule has 1 heterocycles. The lowest BCUT2D eigenvalue weighted by molar-refractivity contribution is 0.351. The number of benzene rings is 2. The minimum Gasteiger partial charge on any atom is -0.493 e. The topological polar surface area (TPSA) is 36.3 Å². The first-order chi connectivity index (χ1) is 12.4. The van der Waals surface area contributed by atoms with Crippen molar-refractivity contribution in [3.63, 3.8) is 0 Å². The summed E-state index contributed by atoms with van der Waals surface area (Å²) in [4.78, 5) is 4.12. The molecule has 3 rings (SSSR count). The second-order valence-electron chi connectivity index (χ2n) is 7.43. The van der Waals surface area contributed by atoms with Gasteiger partial charge in [0.25, 0.3) is 0 Å². The van der Waals surface area contributed by atoms with E-state index in [0.29, 0.717) is 6.54 Å². The summed E-state index contributed by atoms with van der Waals surface area (Å²) in [5.41, 5.74) is 4.78. The maximum atomic E-state index is 5.61. The van der Waals surface area contributed by atoms with Gasteiger partial charge in [0.2, 0.25) is 0 Å². The van der Waals surface area contributed by atoms with Crippen molar-refractivity contribution in [2.45, 2.75) is 32.7 Å². The first-order valence-corrected chi connectivity index (χ1v) is 8.74. The van der Waals surface area contributed by atoms with Crippen molar-refractivity contribution in [1.29, 1.82) is 0 Å². The lowest BCUT2D eigenvalue weighted by Gasteiger charge is -2.20. The SMILES string of the molecule is COc1cc(-c2ccc(C(C)(C)C)cc2)cc(Cn2ccnc2)c1OC. The van der Waals surface area contributed by atoms with Crippen molar-refractivity contribution in [3.05, 3.63) is 66.2 Å². The van der Waals surface area contributed by atoms with Crippen LogP contribution >= 0.6 is 0 Å². The van der Waals surface area contributed by atoms with Crippen LogP contribution in [0.4, 0.5) is 0 Å². The summed E-state index contributed by atoms with van der Waals surface area (Å²) in [6.45, 7) is 7.35. The molecule has 2 aromatic carbocycles. The van der Waals surface area contributed by atoms with Crippen LogP contribution in [0.1, 0.15) is 31.9 Å². The molecule has 0 aliphatic heterocycles. The largest absolute Gasteiger partial charge is 0.493 e. The van der Waals surface area contributed by atoms with Crippen molar-refractivity contribution >= 4 is 0 Å². The zero-order valence-corrected chi connectivity index (χ0v) is 16.1. The Labute approximate surface area is 155 Å². The molecule has 0 aliphatic rings. The van der Waals surface area contributed by atoms with Gasteiger partial charge >= 0.3 is 0 Å². The van der Waals surface area contributed by atoms with E-state index in [1.54, 1.807) is 26.7 Å². The van der Waals surface area contributed by atoms with Crippen molar-refractivity contribution in [3.8, 4) is 22.6 Å². The minimum atomic E-state index is 0.142. The summed E-state index contributed by atoms with van der Waals surface area (Å²) in [6.07, 6.45) is 5.52. The van der Waals surface area contributed by atoms with Gasteiger partial charge in [-0.05, 0) is 34.2 Å². The summed E-state index contributed by atoms with van der Waals surface area (Å²) in [6, 6.07) is 12.9. The molecule has 0 saturated carbocycles. The monoisotopic (exact) mass is 350 g/mol. The van der Waals surface area contributed by atoms with Gasteiger partial charge in [0, 0.05) is 18.0 Å². The predicted octanol–water partition coefficient (Wildman–Crippen LogP) is 4.91. The zero-order valence-electron chi connectivity index (χ0n) is 16.1. The number of aromatic nitrogens is 2. The molecule has 26 heavy (non-hydrogen) atoms. The molecule has 0 atom stereocenters. The van der Waals surface area contributed by atoms with E-state index >= 15 is 0 Å². The Balaban J connectivity index is 2.04. The fourth-order valence-corrected chi connectivity index (χ4v) is 3.07. The predicted molar refractivity (Wildman–Crippen MR) is 105 cm³/mol. The molecule has 0 unspecified atom stereocenters. The van der Waals surface area contributed by atoms with E-state index in [0.717, 1.165) is 28.2 Å². The van der Waals surface area contributed by atoms with Gasteiger partial charge in [-0.3, -0.25) is 0 Å². The molecule has 0 bridgehead atoms. The Morgan fingerprint density at radius 1 is 0.962 bits per heavy atom. The number of ether oxygens (including phenoxy) is 2. The number of rotatable bonds is 5. The maximum absolute atomic E-state index is 5.61.